The highest BCUT2D eigenvalue weighted by Crippen LogP contribution is 2.29. The van der Waals surface area contributed by atoms with Gasteiger partial charge in [0.2, 0.25) is 0 Å². The van der Waals surface area contributed by atoms with Crippen LogP contribution < -0.4 is 5.56 Å². The van der Waals surface area contributed by atoms with Crippen LogP contribution in [0.4, 0.5) is 8.78 Å². The second-order valence-electron chi connectivity index (χ2n) is 8.77. The van der Waals surface area contributed by atoms with Crippen molar-refractivity contribution in [2.24, 2.45) is 0 Å². The van der Waals surface area contributed by atoms with Crippen LogP contribution in [0, 0.1) is 18.6 Å². The van der Waals surface area contributed by atoms with E-state index in [0.717, 1.165) is 29.0 Å². The summed E-state index contributed by atoms with van der Waals surface area (Å²) in [6, 6.07) is 21.5. The molecule has 0 amide bonds. The van der Waals surface area contributed by atoms with E-state index in [-0.39, 0.29) is 35.3 Å². The molecular weight excluding hydrogens is 468 g/mol. The standard InChI is InChI=1S/C28H24ClF2N3O/c1-18-32-25-14-15-33(16-21-23(30)12-13-24(31)26(21)29)17-22(25)28(35)34(18)27(19-8-4-2-5-9-19)20-10-6-3-7-11-20/h2-13,27H,14-17H2,1H3. The normalized spacial score (nSPS) is 13.7. The van der Waals surface area contributed by atoms with E-state index in [2.05, 4.69) is 0 Å². The van der Waals surface area contributed by atoms with Crippen molar-refractivity contribution in [3.63, 3.8) is 0 Å². The Bertz CT molecular complexity index is 1380. The molecule has 4 aromatic rings. The van der Waals surface area contributed by atoms with Gasteiger partial charge < -0.3 is 0 Å². The third-order valence-corrected chi connectivity index (χ3v) is 6.94. The van der Waals surface area contributed by atoms with Crippen LogP contribution in [0.5, 0.6) is 0 Å². The maximum Gasteiger partial charge on any atom is 0.259 e. The summed E-state index contributed by atoms with van der Waals surface area (Å²) in [6.45, 7) is 2.81. The number of fused-ring (bicyclic) bond motifs is 1. The van der Waals surface area contributed by atoms with Crippen LogP contribution in [0.3, 0.4) is 0 Å². The van der Waals surface area contributed by atoms with Crippen molar-refractivity contribution < 1.29 is 8.78 Å². The monoisotopic (exact) mass is 491 g/mol. The second kappa shape index (κ2) is 9.72. The predicted molar refractivity (Wildman–Crippen MR) is 133 cm³/mol. The summed E-state index contributed by atoms with van der Waals surface area (Å²) in [5, 5.41) is -0.219. The van der Waals surface area contributed by atoms with E-state index in [0.29, 0.717) is 24.4 Å². The Morgan fingerprint density at radius 1 is 0.943 bits per heavy atom. The highest BCUT2D eigenvalue weighted by atomic mass is 35.5. The summed E-state index contributed by atoms with van der Waals surface area (Å²) < 4.78 is 30.1. The second-order valence-corrected chi connectivity index (χ2v) is 9.14. The van der Waals surface area contributed by atoms with Crippen LogP contribution in [0.2, 0.25) is 5.02 Å². The van der Waals surface area contributed by atoms with E-state index in [1.165, 1.54) is 0 Å². The number of rotatable bonds is 5. The minimum atomic E-state index is -0.659. The zero-order valence-corrected chi connectivity index (χ0v) is 20.0. The minimum Gasteiger partial charge on any atom is -0.294 e. The maximum atomic E-state index is 14.4. The SMILES string of the molecule is Cc1nc2c(c(=O)n1C(c1ccccc1)c1ccccc1)CN(Cc1c(F)ccc(F)c1Cl)CC2. The van der Waals surface area contributed by atoms with Crippen LogP contribution in [-0.2, 0) is 19.5 Å². The van der Waals surface area contributed by atoms with Gasteiger partial charge in [-0.25, -0.2) is 13.8 Å². The summed E-state index contributed by atoms with van der Waals surface area (Å²) in [5.74, 6) is -0.581. The first-order chi connectivity index (χ1) is 16.9. The highest BCUT2D eigenvalue weighted by Gasteiger charge is 2.28. The van der Waals surface area contributed by atoms with Gasteiger partial charge in [0, 0.05) is 31.6 Å². The van der Waals surface area contributed by atoms with Crippen molar-refractivity contribution in [3.8, 4) is 0 Å². The Morgan fingerprint density at radius 3 is 2.17 bits per heavy atom. The van der Waals surface area contributed by atoms with Gasteiger partial charge >= 0.3 is 0 Å². The molecule has 0 saturated heterocycles. The Hall–Kier alpha value is -3.35. The number of aryl methyl sites for hydroxylation is 1. The minimum absolute atomic E-state index is 0.0990. The lowest BCUT2D eigenvalue weighted by molar-refractivity contribution is 0.236. The maximum absolute atomic E-state index is 14.4. The Balaban J connectivity index is 1.57. The molecule has 1 aromatic heterocycles. The number of benzene rings is 3. The summed E-state index contributed by atoms with van der Waals surface area (Å²) in [5.41, 5.74) is 3.26. The van der Waals surface area contributed by atoms with Gasteiger partial charge in [0.05, 0.1) is 22.3 Å². The van der Waals surface area contributed by atoms with E-state index in [9.17, 15) is 13.6 Å². The van der Waals surface area contributed by atoms with E-state index in [1.807, 2.05) is 72.5 Å². The van der Waals surface area contributed by atoms with Gasteiger partial charge in [-0.05, 0) is 30.2 Å². The summed E-state index contributed by atoms with van der Waals surface area (Å²) in [7, 11) is 0. The molecule has 2 heterocycles. The zero-order valence-electron chi connectivity index (χ0n) is 19.2. The molecule has 1 aliphatic rings. The topological polar surface area (TPSA) is 38.1 Å². The lowest BCUT2D eigenvalue weighted by Crippen LogP contribution is -2.40. The fourth-order valence-corrected chi connectivity index (χ4v) is 5.02. The van der Waals surface area contributed by atoms with Gasteiger partial charge in [0.15, 0.2) is 0 Å². The number of hydrogen-bond donors (Lipinski definition) is 0. The van der Waals surface area contributed by atoms with Gasteiger partial charge in [-0.3, -0.25) is 14.3 Å². The molecule has 7 heteroatoms. The number of nitrogens with zero attached hydrogens (tertiary/aromatic N) is 3. The molecule has 4 nitrogen and oxygen atoms in total. The molecule has 0 spiro atoms. The fraction of sp³-hybridized carbons (Fsp3) is 0.214. The third kappa shape index (κ3) is 4.51. The van der Waals surface area contributed by atoms with Crippen molar-refractivity contribution in [3.05, 3.63) is 134 Å². The van der Waals surface area contributed by atoms with E-state index >= 15 is 0 Å². The fourth-order valence-electron chi connectivity index (χ4n) is 4.80. The molecule has 1 aliphatic heterocycles. The summed E-state index contributed by atoms with van der Waals surface area (Å²) in [4.78, 5) is 20.7. The number of halogens is 3. The molecule has 0 radical (unpaired) electrons. The highest BCUT2D eigenvalue weighted by molar-refractivity contribution is 6.31. The van der Waals surface area contributed by atoms with Gasteiger partial charge in [-0.2, -0.15) is 0 Å². The third-order valence-electron chi connectivity index (χ3n) is 6.53. The molecule has 178 valence electrons. The molecule has 0 fully saturated rings. The largest absolute Gasteiger partial charge is 0.294 e. The molecule has 0 atom stereocenters. The first kappa shape index (κ1) is 23.4. The first-order valence-electron chi connectivity index (χ1n) is 11.5. The average molecular weight is 492 g/mol. The van der Waals surface area contributed by atoms with E-state index < -0.39 is 11.6 Å². The van der Waals surface area contributed by atoms with Gasteiger partial charge in [0.25, 0.3) is 5.56 Å². The molecule has 0 bridgehead atoms. The van der Waals surface area contributed by atoms with Crippen molar-refractivity contribution in [2.45, 2.75) is 32.5 Å². The van der Waals surface area contributed by atoms with Crippen LogP contribution in [0.25, 0.3) is 0 Å². The molecule has 35 heavy (non-hydrogen) atoms. The molecule has 0 unspecified atom stereocenters. The number of aromatic nitrogens is 2. The molecule has 0 aliphatic carbocycles. The van der Waals surface area contributed by atoms with E-state index in [4.69, 9.17) is 16.6 Å². The van der Waals surface area contributed by atoms with Crippen molar-refractivity contribution in [2.75, 3.05) is 6.54 Å². The molecule has 0 N–H and O–H groups in total. The zero-order chi connectivity index (χ0) is 24.5. The van der Waals surface area contributed by atoms with Gasteiger partial charge in [-0.1, -0.05) is 72.3 Å². The van der Waals surface area contributed by atoms with Gasteiger partial charge in [0.1, 0.15) is 17.5 Å². The Kier molecular flexibility index (Phi) is 6.50. The predicted octanol–water partition coefficient (Wildman–Crippen LogP) is 5.68. The summed E-state index contributed by atoms with van der Waals surface area (Å²) >= 11 is 6.05. The molecule has 5 rings (SSSR count). The van der Waals surface area contributed by atoms with Crippen LogP contribution in [-0.4, -0.2) is 21.0 Å². The first-order valence-corrected chi connectivity index (χ1v) is 11.9. The van der Waals surface area contributed by atoms with Crippen LogP contribution in [0.1, 0.15) is 39.8 Å². The van der Waals surface area contributed by atoms with E-state index in [1.54, 1.807) is 4.57 Å². The lowest BCUT2D eigenvalue weighted by Gasteiger charge is -2.30. The Labute approximate surface area is 207 Å². The lowest BCUT2D eigenvalue weighted by atomic mass is 9.97. The smallest absolute Gasteiger partial charge is 0.259 e. The number of hydrogen-bond acceptors (Lipinski definition) is 3. The van der Waals surface area contributed by atoms with Crippen molar-refractivity contribution in [1.29, 1.82) is 0 Å². The van der Waals surface area contributed by atoms with Crippen molar-refractivity contribution in [1.82, 2.24) is 14.5 Å². The van der Waals surface area contributed by atoms with Crippen LogP contribution >= 0.6 is 11.6 Å². The molecule has 0 saturated carbocycles. The molecular formula is C28H24ClF2N3O. The summed E-state index contributed by atoms with van der Waals surface area (Å²) in [6.07, 6.45) is 0.544. The Morgan fingerprint density at radius 2 is 1.54 bits per heavy atom. The van der Waals surface area contributed by atoms with Crippen LogP contribution in [0.15, 0.2) is 77.6 Å². The van der Waals surface area contributed by atoms with Crippen molar-refractivity contribution >= 4 is 11.6 Å². The average Bonchev–Trinajstić information content (AvgIpc) is 2.88. The van der Waals surface area contributed by atoms with Gasteiger partial charge in [-0.15, -0.1) is 0 Å². The quantitative estimate of drug-likeness (QED) is 0.337. The molecule has 3 aromatic carbocycles.